The van der Waals surface area contributed by atoms with E-state index in [0.29, 0.717) is 17.3 Å². The number of carbonyl (C=O) groups excluding carboxylic acids is 1. The van der Waals surface area contributed by atoms with Gasteiger partial charge in [0.25, 0.3) is 0 Å². The molecule has 0 unspecified atom stereocenters. The van der Waals surface area contributed by atoms with Crippen LogP contribution in [0.25, 0.3) is 5.69 Å². The van der Waals surface area contributed by atoms with Gasteiger partial charge in [0.05, 0.1) is 12.2 Å². The van der Waals surface area contributed by atoms with Crippen molar-refractivity contribution in [2.75, 3.05) is 0 Å². The van der Waals surface area contributed by atoms with E-state index in [1.807, 2.05) is 11.5 Å². The number of aryl methyl sites for hydroxylation is 2. The van der Waals surface area contributed by atoms with Gasteiger partial charge in [0.1, 0.15) is 11.6 Å². The highest BCUT2D eigenvalue weighted by Crippen LogP contribution is 2.17. The van der Waals surface area contributed by atoms with Gasteiger partial charge >= 0.3 is 6.03 Å². The summed E-state index contributed by atoms with van der Waals surface area (Å²) < 4.78 is 20.3. The van der Waals surface area contributed by atoms with Gasteiger partial charge in [-0.25, -0.2) is 14.2 Å². The van der Waals surface area contributed by atoms with E-state index in [4.69, 9.17) is 4.52 Å². The monoisotopic (exact) mass is 344 g/mol. The molecule has 0 aliphatic rings. The molecule has 3 rings (SSSR count). The van der Waals surface area contributed by atoms with Crippen molar-refractivity contribution in [2.24, 2.45) is 0 Å². The molecule has 130 valence electrons. The molecule has 3 aromatic rings. The molecule has 0 fully saturated rings. The lowest BCUT2D eigenvalue weighted by atomic mass is 10.1. The zero-order valence-electron chi connectivity index (χ0n) is 13.8. The number of hydrogen-bond donors (Lipinski definition) is 2. The number of carbonyl (C=O) groups is 1. The van der Waals surface area contributed by atoms with Gasteiger partial charge in [-0.05, 0) is 30.7 Å². The van der Waals surface area contributed by atoms with E-state index in [9.17, 15) is 9.18 Å². The summed E-state index contributed by atoms with van der Waals surface area (Å²) >= 11 is 0. The molecule has 25 heavy (non-hydrogen) atoms. The van der Waals surface area contributed by atoms with Crippen LogP contribution >= 0.6 is 0 Å². The Morgan fingerprint density at radius 3 is 2.76 bits per heavy atom. The first-order valence-corrected chi connectivity index (χ1v) is 7.62. The SMILES string of the molecule is Cc1nc(CNC(=O)NCc2cc(F)ccc2-n2ccnc2C)no1. The molecule has 2 heterocycles. The second-order valence-electron chi connectivity index (χ2n) is 5.38. The van der Waals surface area contributed by atoms with Gasteiger partial charge < -0.3 is 19.7 Å². The first-order chi connectivity index (χ1) is 12.0. The summed E-state index contributed by atoms with van der Waals surface area (Å²) in [6.07, 6.45) is 3.44. The minimum atomic E-state index is -0.417. The highest BCUT2D eigenvalue weighted by molar-refractivity contribution is 5.73. The van der Waals surface area contributed by atoms with Crippen molar-refractivity contribution in [3.05, 3.63) is 59.5 Å². The lowest BCUT2D eigenvalue weighted by Crippen LogP contribution is -2.35. The number of aromatic nitrogens is 4. The van der Waals surface area contributed by atoms with Crippen molar-refractivity contribution < 1.29 is 13.7 Å². The number of imidazole rings is 1. The molecule has 9 heteroatoms. The van der Waals surface area contributed by atoms with Crippen molar-refractivity contribution in [2.45, 2.75) is 26.9 Å². The maximum Gasteiger partial charge on any atom is 0.315 e. The smallest absolute Gasteiger partial charge is 0.315 e. The molecule has 1 aromatic carbocycles. The molecule has 0 bridgehead atoms. The minimum Gasteiger partial charge on any atom is -0.340 e. The summed E-state index contributed by atoms with van der Waals surface area (Å²) in [5, 5.41) is 8.99. The first kappa shape index (κ1) is 16.6. The van der Waals surface area contributed by atoms with Crippen LogP contribution < -0.4 is 10.6 Å². The van der Waals surface area contributed by atoms with E-state index >= 15 is 0 Å². The molecule has 0 aliphatic heterocycles. The number of urea groups is 1. The second-order valence-corrected chi connectivity index (χ2v) is 5.38. The number of nitrogens with one attached hydrogen (secondary N) is 2. The van der Waals surface area contributed by atoms with Crippen LogP contribution in [0.5, 0.6) is 0 Å². The van der Waals surface area contributed by atoms with Crippen molar-refractivity contribution in [1.29, 1.82) is 0 Å². The van der Waals surface area contributed by atoms with Gasteiger partial charge in [0, 0.05) is 25.9 Å². The molecular weight excluding hydrogens is 327 g/mol. The van der Waals surface area contributed by atoms with Crippen LogP contribution in [0.1, 0.15) is 23.1 Å². The summed E-state index contributed by atoms with van der Waals surface area (Å²) in [5.41, 5.74) is 1.39. The molecule has 2 amide bonds. The molecule has 0 atom stereocenters. The van der Waals surface area contributed by atoms with Crippen molar-refractivity contribution in [3.8, 4) is 5.69 Å². The van der Waals surface area contributed by atoms with Crippen LogP contribution in [0.4, 0.5) is 9.18 Å². The number of halogens is 1. The number of benzene rings is 1. The lowest BCUT2D eigenvalue weighted by Gasteiger charge is -2.13. The molecular formula is C16H17FN6O2. The second kappa shape index (κ2) is 7.12. The summed E-state index contributed by atoms with van der Waals surface area (Å²) in [5.74, 6) is 1.20. The highest BCUT2D eigenvalue weighted by atomic mass is 19.1. The summed E-state index contributed by atoms with van der Waals surface area (Å²) in [6, 6.07) is 4.00. The fraction of sp³-hybridized carbons (Fsp3) is 0.250. The third-order valence-corrected chi connectivity index (χ3v) is 3.54. The van der Waals surface area contributed by atoms with Crippen LogP contribution in [0, 0.1) is 19.7 Å². The van der Waals surface area contributed by atoms with Crippen molar-refractivity contribution >= 4 is 6.03 Å². The standard InChI is InChI=1S/C16H17FN6O2/c1-10-18-5-6-23(10)14-4-3-13(17)7-12(14)8-19-16(24)20-9-15-21-11(2)25-22-15/h3-7H,8-9H2,1-2H3,(H2,19,20,24). The van der Waals surface area contributed by atoms with Gasteiger partial charge in [0.15, 0.2) is 5.82 Å². The Labute approximate surface area is 143 Å². The number of amides is 2. The Balaban J connectivity index is 1.65. The van der Waals surface area contributed by atoms with E-state index in [0.717, 1.165) is 11.5 Å². The Hall–Kier alpha value is -3.23. The average molecular weight is 344 g/mol. The van der Waals surface area contributed by atoms with Gasteiger partial charge in [-0.3, -0.25) is 0 Å². The zero-order chi connectivity index (χ0) is 17.8. The summed E-state index contributed by atoms with van der Waals surface area (Å²) in [7, 11) is 0. The molecule has 0 saturated carbocycles. The summed E-state index contributed by atoms with van der Waals surface area (Å²) in [4.78, 5) is 20.1. The van der Waals surface area contributed by atoms with Crippen LogP contribution in [0.15, 0.2) is 35.1 Å². The van der Waals surface area contributed by atoms with E-state index in [1.165, 1.54) is 12.1 Å². The predicted molar refractivity (Wildman–Crippen MR) is 86.4 cm³/mol. The minimum absolute atomic E-state index is 0.139. The maximum absolute atomic E-state index is 13.6. The molecule has 0 spiro atoms. The Morgan fingerprint density at radius 2 is 2.08 bits per heavy atom. The van der Waals surface area contributed by atoms with Crippen LogP contribution in [-0.4, -0.2) is 25.7 Å². The zero-order valence-corrected chi connectivity index (χ0v) is 13.8. The third kappa shape index (κ3) is 4.00. The average Bonchev–Trinajstić information content (AvgIpc) is 3.19. The van der Waals surface area contributed by atoms with Gasteiger partial charge in [-0.1, -0.05) is 5.16 Å². The maximum atomic E-state index is 13.6. The Kier molecular flexibility index (Phi) is 4.73. The molecule has 0 aliphatic carbocycles. The number of nitrogens with zero attached hydrogens (tertiary/aromatic N) is 4. The summed E-state index contributed by atoms with van der Waals surface area (Å²) in [6.45, 7) is 3.81. The van der Waals surface area contributed by atoms with E-state index in [2.05, 4.69) is 25.8 Å². The quantitative estimate of drug-likeness (QED) is 0.738. The fourth-order valence-electron chi connectivity index (χ4n) is 2.37. The third-order valence-electron chi connectivity index (χ3n) is 3.54. The topological polar surface area (TPSA) is 97.9 Å². The Bertz CT molecular complexity index is 888. The van der Waals surface area contributed by atoms with Gasteiger partial charge in [-0.15, -0.1) is 0 Å². The molecule has 0 saturated heterocycles. The first-order valence-electron chi connectivity index (χ1n) is 7.62. The lowest BCUT2D eigenvalue weighted by molar-refractivity contribution is 0.239. The van der Waals surface area contributed by atoms with Crippen molar-refractivity contribution in [3.63, 3.8) is 0 Å². The van der Waals surface area contributed by atoms with Gasteiger partial charge in [-0.2, -0.15) is 4.98 Å². The van der Waals surface area contributed by atoms with Gasteiger partial charge in [0.2, 0.25) is 5.89 Å². The normalized spacial score (nSPS) is 10.7. The van der Waals surface area contributed by atoms with Crippen LogP contribution in [-0.2, 0) is 13.1 Å². The van der Waals surface area contributed by atoms with E-state index < -0.39 is 6.03 Å². The molecule has 2 aromatic heterocycles. The highest BCUT2D eigenvalue weighted by Gasteiger charge is 2.10. The number of rotatable bonds is 5. The van der Waals surface area contributed by atoms with Crippen LogP contribution in [0.2, 0.25) is 0 Å². The van der Waals surface area contributed by atoms with Crippen molar-refractivity contribution in [1.82, 2.24) is 30.3 Å². The van der Waals surface area contributed by atoms with E-state index in [-0.39, 0.29) is 18.9 Å². The van der Waals surface area contributed by atoms with E-state index in [1.54, 1.807) is 25.4 Å². The fourth-order valence-corrected chi connectivity index (χ4v) is 2.37. The Morgan fingerprint density at radius 1 is 1.28 bits per heavy atom. The predicted octanol–water partition coefficient (Wildman–Crippen LogP) is 2.01. The molecule has 0 radical (unpaired) electrons. The molecule has 2 N–H and O–H groups in total. The molecule has 8 nitrogen and oxygen atoms in total. The largest absolute Gasteiger partial charge is 0.340 e. The number of hydrogen-bond acceptors (Lipinski definition) is 5. The van der Waals surface area contributed by atoms with Crippen LogP contribution in [0.3, 0.4) is 0 Å².